The van der Waals surface area contributed by atoms with Crippen LogP contribution in [0.5, 0.6) is 0 Å². The lowest BCUT2D eigenvalue weighted by Gasteiger charge is -2.36. The van der Waals surface area contributed by atoms with Gasteiger partial charge in [0, 0.05) is 43.7 Å². The number of fused-ring (bicyclic) bond motifs is 2. The van der Waals surface area contributed by atoms with Gasteiger partial charge in [0.2, 0.25) is 11.8 Å². The summed E-state index contributed by atoms with van der Waals surface area (Å²) >= 11 is 0. The van der Waals surface area contributed by atoms with Crippen LogP contribution in [-0.4, -0.2) is 53.6 Å². The van der Waals surface area contributed by atoms with Gasteiger partial charge < -0.3 is 15.5 Å². The molecule has 2 aliphatic heterocycles. The normalized spacial score (nSPS) is 21.7. The second-order valence-corrected chi connectivity index (χ2v) is 9.39. The minimum atomic E-state index is -0.0577. The van der Waals surface area contributed by atoms with Crippen LogP contribution in [0.25, 0.3) is 11.6 Å². The Morgan fingerprint density at radius 1 is 1.21 bits per heavy atom. The fraction of sp³-hybridized carbons (Fsp3) is 0.464. The molecule has 0 radical (unpaired) electrons. The number of nitrogens with two attached hydrogens (primary N) is 1. The second kappa shape index (κ2) is 10.4. The van der Waals surface area contributed by atoms with Crippen molar-refractivity contribution in [3.8, 4) is 0 Å². The zero-order chi connectivity index (χ0) is 24.2. The van der Waals surface area contributed by atoms with Crippen molar-refractivity contribution in [2.75, 3.05) is 26.2 Å². The van der Waals surface area contributed by atoms with E-state index in [1.165, 1.54) is 0 Å². The number of carbonyl (C=O) groups excluding carboxylic acids is 2. The van der Waals surface area contributed by atoms with E-state index in [1.807, 2.05) is 34.9 Å². The Hall–Kier alpha value is -3.15. The van der Waals surface area contributed by atoms with Crippen molar-refractivity contribution in [3.63, 3.8) is 0 Å². The van der Waals surface area contributed by atoms with Crippen molar-refractivity contribution in [1.29, 1.82) is 0 Å². The van der Waals surface area contributed by atoms with Gasteiger partial charge in [-0.25, -0.2) is 4.99 Å². The highest BCUT2D eigenvalue weighted by molar-refractivity contribution is 6.05. The highest BCUT2D eigenvalue weighted by Crippen LogP contribution is 2.37. The third-order valence-corrected chi connectivity index (χ3v) is 6.93. The van der Waals surface area contributed by atoms with Crippen molar-refractivity contribution in [2.24, 2.45) is 22.6 Å². The van der Waals surface area contributed by atoms with Gasteiger partial charge in [0.1, 0.15) is 5.84 Å². The van der Waals surface area contributed by atoms with Crippen LogP contribution in [0.1, 0.15) is 57.6 Å². The lowest BCUT2D eigenvalue weighted by Crippen LogP contribution is -2.44. The van der Waals surface area contributed by atoms with E-state index in [-0.39, 0.29) is 23.7 Å². The van der Waals surface area contributed by atoms with Gasteiger partial charge in [0.05, 0.1) is 11.6 Å². The van der Waals surface area contributed by atoms with Crippen LogP contribution in [0, 0.1) is 11.8 Å². The van der Waals surface area contributed by atoms with Crippen molar-refractivity contribution < 1.29 is 9.59 Å². The summed E-state index contributed by atoms with van der Waals surface area (Å²) in [5, 5.41) is 0. The Kier molecular flexibility index (Phi) is 7.35. The van der Waals surface area contributed by atoms with Crippen LogP contribution in [0.15, 0.2) is 47.0 Å². The van der Waals surface area contributed by atoms with E-state index in [2.05, 4.69) is 43.1 Å². The summed E-state index contributed by atoms with van der Waals surface area (Å²) in [6, 6.07) is 6.14. The zero-order valence-corrected chi connectivity index (χ0v) is 20.6. The highest BCUT2D eigenvalue weighted by Gasteiger charge is 2.34. The maximum absolute atomic E-state index is 13.2. The van der Waals surface area contributed by atoms with Gasteiger partial charge in [-0.1, -0.05) is 44.2 Å². The van der Waals surface area contributed by atoms with Crippen LogP contribution < -0.4 is 5.73 Å². The molecule has 1 aliphatic carbocycles. The number of nitrogens with zero attached hydrogens (tertiary/aromatic N) is 3. The predicted molar refractivity (Wildman–Crippen MR) is 138 cm³/mol. The number of amidine groups is 1. The fourth-order valence-corrected chi connectivity index (χ4v) is 5.17. The average Bonchev–Trinajstić information content (AvgIpc) is 3.01. The van der Waals surface area contributed by atoms with Gasteiger partial charge in [-0.2, -0.15) is 0 Å². The molecule has 1 aromatic rings. The summed E-state index contributed by atoms with van der Waals surface area (Å²) in [7, 11) is 0. The molecule has 1 aromatic carbocycles. The first-order chi connectivity index (χ1) is 16.4. The van der Waals surface area contributed by atoms with Crippen molar-refractivity contribution in [2.45, 2.75) is 46.5 Å². The van der Waals surface area contributed by atoms with E-state index in [0.717, 1.165) is 67.8 Å². The number of hydrogen-bond donors (Lipinski definition) is 1. The number of piperidine rings is 1. The largest absolute Gasteiger partial charge is 0.387 e. The molecule has 3 aliphatic rings. The number of rotatable bonds is 7. The van der Waals surface area contributed by atoms with E-state index in [1.54, 1.807) is 0 Å². The maximum atomic E-state index is 13.2. The monoisotopic (exact) mass is 460 g/mol. The number of likely N-dealkylation sites (tertiary alicyclic amines) is 1. The molecule has 34 heavy (non-hydrogen) atoms. The smallest absolute Gasteiger partial charge is 0.250 e. The molecule has 2 amide bonds. The number of carbonyl (C=O) groups is 2. The van der Waals surface area contributed by atoms with E-state index in [4.69, 9.17) is 5.73 Å². The topological polar surface area (TPSA) is 79.0 Å². The van der Waals surface area contributed by atoms with Crippen LogP contribution in [0.3, 0.4) is 0 Å². The first-order valence-electron chi connectivity index (χ1n) is 12.6. The molecule has 1 fully saturated rings. The number of amides is 2. The van der Waals surface area contributed by atoms with Crippen LogP contribution in [-0.2, 0) is 9.59 Å². The lowest BCUT2D eigenvalue weighted by molar-refractivity contribution is -0.137. The van der Waals surface area contributed by atoms with Crippen LogP contribution in [0.4, 0.5) is 5.69 Å². The third kappa shape index (κ3) is 4.86. The molecular formula is C28H36N4O2. The summed E-state index contributed by atoms with van der Waals surface area (Å²) in [4.78, 5) is 34.4. The molecule has 6 nitrogen and oxygen atoms in total. The van der Waals surface area contributed by atoms with E-state index >= 15 is 0 Å². The molecule has 2 heterocycles. The molecule has 1 saturated heterocycles. The number of hydrogen-bond acceptors (Lipinski definition) is 4. The Labute approximate surface area is 202 Å². The van der Waals surface area contributed by atoms with Gasteiger partial charge in [0.15, 0.2) is 0 Å². The Balaban J connectivity index is 1.60. The predicted octanol–water partition coefficient (Wildman–Crippen LogP) is 4.55. The van der Waals surface area contributed by atoms with Gasteiger partial charge in [0.25, 0.3) is 0 Å². The highest BCUT2D eigenvalue weighted by atomic mass is 16.2. The van der Waals surface area contributed by atoms with E-state index in [0.29, 0.717) is 17.8 Å². The molecule has 2 unspecified atom stereocenters. The quantitative estimate of drug-likeness (QED) is 0.648. The summed E-state index contributed by atoms with van der Waals surface area (Å²) < 4.78 is 0. The first-order valence-corrected chi connectivity index (χ1v) is 12.6. The average molecular weight is 461 g/mol. The Morgan fingerprint density at radius 2 is 1.97 bits per heavy atom. The number of benzene rings is 1. The molecule has 0 aromatic heterocycles. The second-order valence-electron chi connectivity index (χ2n) is 9.39. The maximum Gasteiger partial charge on any atom is 0.250 e. The van der Waals surface area contributed by atoms with E-state index in [9.17, 15) is 9.59 Å². The van der Waals surface area contributed by atoms with E-state index < -0.39 is 0 Å². The summed E-state index contributed by atoms with van der Waals surface area (Å²) in [6.07, 6.45) is 11.5. The third-order valence-electron chi connectivity index (χ3n) is 6.93. The molecule has 0 saturated carbocycles. The van der Waals surface area contributed by atoms with Crippen LogP contribution >= 0.6 is 0 Å². The minimum absolute atomic E-state index is 0.0471. The number of allylic oxidation sites excluding steroid dienone is 3. The van der Waals surface area contributed by atoms with Crippen molar-refractivity contribution >= 4 is 35.0 Å². The first kappa shape index (κ1) is 24.0. The van der Waals surface area contributed by atoms with Crippen molar-refractivity contribution in [1.82, 2.24) is 9.80 Å². The lowest BCUT2D eigenvalue weighted by atomic mass is 9.79. The van der Waals surface area contributed by atoms with Crippen LogP contribution in [0.2, 0.25) is 0 Å². The van der Waals surface area contributed by atoms with Gasteiger partial charge in [-0.05, 0) is 55.4 Å². The van der Waals surface area contributed by atoms with Gasteiger partial charge >= 0.3 is 0 Å². The fourth-order valence-electron chi connectivity index (χ4n) is 5.17. The SMILES string of the molecule is CCCN(CCC)C(=O)C1=Cc2ccc(C3=CC4CCN(CC)C(=O)C4C=C3)cc2N=C(N)C1. The Bertz CT molecular complexity index is 1080. The van der Waals surface area contributed by atoms with Gasteiger partial charge in [-0.15, -0.1) is 0 Å². The minimum Gasteiger partial charge on any atom is -0.387 e. The number of aliphatic imine (C=N–C) groups is 1. The molecule has 6 heteroatoms. The Morgan fingerprint density at radius 3 is 2.68 bits per heavy atom. The molecule has 2 atom stereocenters. The summed E-state index contributed by atoms with van der Waals surface area (Å²) in [5.74, 6) is 0.903. The molecule has 4 rings (SSSR count). The zero-order valence-electron chi connectivity index (χ0n) is 20.6. The molecule has 0 spiro atoms. The molecule has 0 bridgehead atoms. The van der Waals surface area contributed by atoms with Crippen molar-refractivity contribution in [3.05, 3.63) is 53.1 Å². The summed E-state index contributed by atoms with van der Waals surface area (Å²) in [5.41, 5.74) is 10.8. The molecule has 180 valence electrons. The standard InChI is InChI=1S/C28H36N4O2/c1-4-12-32(13-5-2)27(33)23-16-22-8-7-20(17-25(22)30-26(29)18-23)19-9-10-24-21(15-19)11-14-31(6-3)28(24)34/h7-10,15-17,21,24H,4-6,11-14,18H2,1-3H3,(H2,29,30). The van der Waals surface area contributed by atoms with Gasteiger partial charge in [-0.3, -0.25) is 9.59 Å². The summed E-state index contributed by atoms with van der Waals surface area (Å²) in [6.45, 7) is 9.28. The molecule has 2 N–H and O–H groups in total. The molecular weight excluding hydrogens is 424 g/mol.